The molecule has 0 aliphatic carbocycles. The van der Waals surface area contributed by atoms with Crippen molar-refractivity contribution in [2.24, 2.45) is 0 Å². The first kappa shape index (κ1) is 10.6. The van der Waals surface area contributed by atoms with E-state index in [9.17, 15) is 17.6 Å². The van der Waals surface area contributed by atoms with Crippen molar-refractivity contribution in [2.45, 2.75) is 6.18 Å². The van der Waals surface area contributed by atoms with Crippen molar-refractivity contribution in [1.29, 1.82) is 0 Å². The standard InChI is InChI=1S/C9H6F4O/c1-2-14-6-3-4-8(10)7(5-6)9(11,12)13/h2-5H,1H2. The number of halogens is 4. The molecule has 0 aliphatic rings. The van der Waals surface area contributed by atoms with E-state index in [1.54, 1.807) is 0 Å². The van der Waals surface area contributed by atoms with Crippen LogP contribution in [0.25, 0.3) is 0 Å². The van der Waals surface area contributed by atoms with Crippen LogP contribution in [0.15, 0.2) is 31.0 Å². The van der Waals surface area contributed by atoms with Gasteiger partial charge in [-0.25, -0.2) is 4.39 Å². The second-order valence-corrected chi connectivity index (χ2v) is 2.42. The quantitative estimate of drug-likeness (QED) is 0.532. The summed E-state index contributed by atoms with van der Waals surface area (Å²) < 4.78 is 53.7. The van der Waals surface area contributed by atoms with Gasteiger partial charge in [0, 0.05) is 0 Å². The number of hydrogen-bond donors (Lipinski definition) is 0. The van der Waals surface area contributed by atoms with Gasteiger partial charge in [-0.05, 0) is 18.2 Å². The summed E-state index contributed by atoms with van der Waals surface area (Å²) in [5.74, 6) is -1.43. The van der Waals surface area contributed by atoms with Gasteiger partial charge in [0.25, 0.3) is 0 Å². The van der Waals surface area contributed by atoms with Crippen molar-refractivity contribution in [3.05, 3.63) is 42.4 Å². The molecule has 1 aromatic rings. The van der Waals surface area contributed by atoms with Crippen LogP contribution in [0.1, 0.15) is 5.56 Å². The number of rotatable bonds is 2. The van der Waals surface area contributed by atoms with Crippen molar-refractivity contribution < 1.29 is 22.3 Å². The van der Waals surface area contributed by atoms with Crippen LogP contribution < -0.4 is 4.74 Å². The Morgan fingerprint density at radius 1 is 1.29 bits per heavy atom. The Balaban J connectivity index is 3.15. The van der Waals surface area contributed by atoms with E-state index >= 15 is 0 Å². The van der Waals surface area contributed by atoms with Crippen LogP contribution in [0.5, 0.6) is 5.75 Å². The average Bonchev–Trinajstić information content (AvgIpc) is 2.07. The van der Waals surface area contributed by atoms with Crippen LogP contribution in [0.4, 0.5) is 17.6 Å². The van der Waals surface area contributed by atoms with E-state index in [-0.39, 0.29) is 5.75 Å². The number of ether oxygens (including phenoxy) is 1. The fourth-order valence-electron chi connectivity index (χ4n) is 0.891. The molecule has 0 unspecified atom stereocenters. The van der Waals surface area contributed by atoms with Crippen LogP contribution >= 0.6 is 0 Å². The minimum Gasteiger partial charge on any atom is -0.466 e. The number of benzene rings is 1. The van der Waals surface area contributed by atoms with Crippen LogP contribution in [-0.2, 0) is 6.18 Å². The maximum atomic E-state index is 12.7. The van der Waals surface area contributed by atoms with Gasteiger partial charge in [0.05, 0.1) is 11.8 Å². The molecule has 0 aromatic heterocycles. The Labute approximate surface area is 77.6 Å². The molecule has 1 rings (SSSR count). The first-order valence-corrected chi connectivity index (χ1v) is 3.59. The number of alkyl halides is 3. The lowest BCUT2D eigenvalue weighted by Gasteiger charge is -2.09. The average molecular weight is 206 g/mol. The molecule has 0 N–H and O–H groups in total. The molecule has 0 bridgehead atoms. The maximum Gasteiger partial charge on any atom is 0.419 e. The van der Waals surface area contributed by atoms with Gasteiger partial charge in [-0.1, -0.05) is 6.58 Å². The zero-order valence-electron chi connectivity index (χ0n) is 6.94. The van der Waals surface area contributed by atoms with Crippen molar-refractivity contribution in [2.75, 3.05) is 0 Å². The van der Waals surface area contributed by atoms with E-state index in [4.69, 9.17) is 0 Å². The highest BCUT2D eigenvalue weighted by molar-refractivity contribution is 5.32. The van der Waals surface area contributed by atoms with Gasteiger partial charge in [0.1, 0.15) is 11.6 Å². The predicted molar refractivity (Wildman–Crippen MR) is 42.2 cm³/mol. The molecule has 0 amide bonds. The molecule has 1 aromatic carbocycles. The van der Waals surface area contributed by atoms with Gasteiger partial charge in [-0.3, -0.25) is 0 Å². The molecule has 1 nitrogen and oxygen atoms in total. The Kier molecular flexibility index (Phi) is 2.78. The van der Waals surface area contributed by atoms with Gasteiger partial charge < -0.3 is 4.74 Å². The van der Waals surface area contributed by atoms with Gasteiger partial charge >= 0.3 is 6.18 Å². The van der Waals surface area contributed by atoms with Crippen molar-refractivity contribution in [1.82, 2.24) is 0 Å². The topological polar surface area (TPSA) is 9.23 Å². The highest BCUT2D eigenvalue weighted by atomic mass is 19.4. The SMILES string of the molecule is C=COc1ccc(F)c(C(F)(F)F)c1. The molecule has 0 saturated heterocycles. The lowest BCUT2D eigenvalue weighted by Crippen LogP contribution is -2.07. The Morgan fingerprint density at radius 3 is 2.43 bits per heavy atom. The van der Waals surface area contributed by atoms with E-state index in [1.165, 1.54) is 0 Å². The minimum absolute atomic E-state index is 0.103. The van der Waals surface area contributed by atoms with Gasteiger partial charge in [-0.2, -0.15) is 13.2 Å². The Bertz CT molecular complexity index is 343. The predicted octanol–water partition coefficient (Wildman–Crippen LogP) is 3.37. The zero-order chi connectivity index (χ0) is 10.8. The Hall–Kier alpha value is -1.52. The molecule has 14 heavy (non-hydrogen) atoms. The Morgan fingerprint density at radius 2 is 1.93 bits per heavy atom. The lowest BCUT2D eigenvalue weighted by molar-refractivity contribution is -0.140. The highest BCUT2D eigenvalue weighted by Crippen LogP contribution is 2.33. The second kappa shape index (κ2) is 3.69. The summed E-state index contributed by atoms with van der Waals surface area (Å²) in [5.41, 5.74) is -1.35. The molecule has 0 spiro atoms. The largest absolute Gasteiger partial charge is 0.466 e. The summed E-state index contributed by atoms with van der Waals surface area (Å²) in [6.45, 7) is 3.17. The maximum absolute atomic E-state index is 12.7. The van der Waals surface area contributed by atoms with E-state index in [2.05, 4.69) is 11.3 Å². The molecule has 0 heterocycles. The lowest BCUT2D eigenvalue weighted by atomic mass is 10.2. The zero-order valence-corrected chi connectivity index (χ0v) is 6.94. The summed E-state index contributed by atoms with van der Waals surface area (Å²) in [6.07, 6.45) is -3.75. The smallest absolute Gasteiger partial charge is 0.419 e. The fraction of sp³-hybridized carbons (Fsp3) is 0.111. The van der Waals surface area contributed by atoms with Crippen molar-refractivity contribution >= 4 is 0 Å². The molecule has 0 aliphatic heterocycles. The van der Waals surface area contributed by atoms with E-state index < -0.39 is 17.6 Å². The monoisotopic (exact) mass is 206 g/mol. The van der Waals surface area contributed by atoms with Crippen LogP contribution in [0.3, 0.4) is 0 Å². The molecular weight excluding hydrogens is 200 g/mol. The summed E-state index contributed by atoms with van der Waals surface area (Å²) in [7, 11) is 0. The molecule has 76 valence electrons. The third-order valence-corrected chi connectivity index (χ3v) is 1.46. The summed E-state index contributed by atoms with van der Waals surface area (Å²) >= 11 is 0. The molecular formula is C9H6F4O. The van der Waals surface area contributed by atoms with Crippen LogP contribution in [0.2, 0.25) is 0 Å². The highest BCUT2D eigenvalue weighted by Gasteiger charge is 2.34. The van der Waals surface area contributed by atoms with Gasteiger partial charge in [0.15, 0.2) is 0 Å². The minimum atomic E-state index is -4.72. The molecule has 0 radical (unpaired) electrons. The van der Waals surface area contributed by atoms with Gasteiger partial charge in [0.2, 0.25) is 0 Å². The van der Waals surface area contributed by atoms with Crippen LogP contribution in [0, 0.1) is 5.82 Å². The third kappa shape index (κ3) is 2.25. The molecule has 0 saturated carbocycles. The first-order chi connectivity index (χ1) is 6.45. The third-order valence-electron chi connectivity index (χ3n) is 1.46. The second-order valence-electron chi connectivity index (χ2n) is 2.42. The molecule has 0 atom stereocenters. The summed E-state index contributed by atoms with van der Waals surface area (Å²) in [5, 5.41) is 0. The summed E-state index contributed by atoms with van der Waals surface area (Å²) in [6, 6.07) is 2.37. The van der Waals surface area contributed by atoms with Crippen molar-refractivity contribution in [3.63, 3.8) is 0 Å². The van der Waals surface area contributed by atoms with Crippen molar-refractivity contribution in [3.8, 4) is 5.75 Å². The number of hydrogen-bond acceptors (Lipinski definition) is 1. The summed E-state index contributed by atoms with van der Waals surface area (Å²) in [4.78, 5) is 0. The molecule has 0 fully saturated rings. The fourth-order valence-corrected chi connectivity index (χ4v) is 0.891. The van der Waals surface area contributed by atoms with E-state index in [0.717, 1.165) is 12.3 Å². The van der Waals surface area contributed by atoms with Gasteiger partial charge in [-0.15, -0.1) is 0 Å². The first-order valence-electron chi connectivity index (χ1n) is 3.59. The molecule has 5 heteroatoms. The van der Waals surface area contributed by atoms with E-state index in [1.807, 2.05) is 0 Å². The van der Waals surface area contributed by atoms with Crippen LogP contribution in [-0.4, -0.2) is 0 Å². The normalized spacial score (nSPS) is 11.1. The van der Waals surface area contributed by atoms with E-state index in [0.29, 0.717) is 12.1 Å².